The third-order valence-electron chi connectivity index (χ3n) is 4.96. The van der Waals surface area contributed by atoms with E-state index in [-0.39, 0.29) is 17.8 Å². The number of nitrogens with one attached hydrogen (secondary N) is 1. The van der Waals surface area contributed by atoms with Crippen LogP contribution in [0.25, 0.3) is 0 Å². The van der Waals surface area contributed by atoms with Crippen molar-refractivity contribution in [3.8, 4) is 0 Å². The lowest BCUT2D eigenvalue weighted by atomic mass is 9.83. The van der Waals surface area contributed by atoms with E-state index in [9.17, 15) is 9.18 Å². The van der Waals surface area contributed by atoms with Crippen LogP contribution in [0.2, 0.25) is 0 Å². The van der Waals surface area contributed by atoms with Crippen LogP contribution >= 0.6 is 0 Å². The zero-order chi connectivity index (χ0) is 18.2. The predicted molar refractivity (Wildman–Crippen MR) is 93.8 cm³/mol. The highest BCUT2D eigenvalue weighted by atomic mass is 19.1. The Kier molecular flexibility index (Phi) is 4.62. The third-order valence-corrected chi connectivity index (χ3v) is 4.96. The van der Waals surface area contributed by atoms with Gasteiger partial charge in [0.2, 0.25) is 5.91 Å². The van der Waals surface area contributed by atoms with Crippen LogP contribution in [0.15, 0.2) is 24.3 Å². The molecule has 1 aliphatic heterocycles. The first kappa shape index (κ1) is 17.6. The molecular formula is C19H25FN4O. The summed E-state index contributed by atoms with van der Waals surface area (Å²) in [5.41, 5.74) is 0.0808. The summed E-state index contributed by atoms with van der Waals surface area (Å²) in [6, 6.07) is 6.18. The highest BCUT2D eigenvalue weighted by molar-refractivity contribution is 5.87. The van der Waals surface area contributed by atoms with E-state index >= 15 is 0 Å². The van der Waals surface area contributed by atoms with Gasteiger partial charge in [0.1, 0.15) is 17.5 Å². The molecule has 0 fully saturated rings. The molecule has 134 valence electrons. The number of benzene rings is 1. The largest absolute Gasteiger partial charge is 0.351 e. The van der Waals surface area contributed by atoms with Crippen LogP contribution in [-0.4, -0.2) is 26.7 Å². The number of carbonyl (C=O) groups is 1. The van der Waals surface area contributed by atoms with Crippen molar-refractivity contribution < 1.29 is 9.18 Å². The number of aryl methyl sites for hydroxylation is 1. The molecule has 1 atom stereocenters. The minimum Gasteiger partial charge on any atom is -0.351 e. The Morgan fingerprint density at radius 3 is 2.60 bits per heavy atom. The summed E-state index contributed by atoms with van der Waals surface area (Å²) in [7, 11) is 0. The number of fused-ring (bicyclic) bond motifs is 1. The van der Waals surface area contributed by atoms with Crippen LogP contribution < -0.4 is 5.32 Å². The summed E-state index contributed by atoms with van der Waals surface area (Å²) in [6.45, 7) is 8.61. The number of halogens is 1. The molecule has 0 bridgehead atoms. The van der Waals surface area contributed by atoms with Gasteiger partial charge in [-0.1, -0.05) is 26.0 Å². The Hall–Kier alpha value is -2.24. The van der Waals surface area contributed by atoms with Crippen molar-refractivity contribution in [3.05, 3.63) is 47.3 Å². The van der Waals surface area contributed by atoms with Gasteiger partial charge >= 0.3 is 0 Å². The van der Waals surface area contributed by atoms with Crippen LogP contribution in [-0.2, 0) is 23.2 Å². The zero-order valence-corrected chi connectivity index (χ0v) is 15.2. The Labute approximate surface area is 147 Å². The maximum absolute atomic E-state index is 13.1. The third kappa shape index (κ3) is 3.43. The van der Waals surface area contributed by atoms with E-state index in [4.69, 9.17) is 0 Å². The molecule has 6 heteroatoms. The van der Waals surface area contributed by atoms with Crippen molar-refractivity contribution >= 4 is 5.91 Å². The van der Waals surface area contributed by atoms with E-state index in [0.29, 0.717) is 12.5 Å². The summed E-state index contributed by atoms with van der Waals surface area (Å²) in [6.07, 6.45) is 1.66. The Morgan fingerprint density at radius 2 is 1.96 bits per heavy atom. The smallest absolute Gasteiger partial charge is 0.230 e. The Morgan fingerprint density at radius 1 is 1.28 bits per heavy atom. The highest BCUT2D eigenvalue weighted by Gasteiger charge is 2.33. The lowest BCUT2D eigenvalue weighted by molar-refractivity contribution is -0.126. The molecule has 25 heavy (non-hydrogen) atoms. The number of amides is 1. The molecule has 1 N–H and O–H groups in total. The minimum absolute atomic E-state index is 0.0493. The Bertz CT molecular complexity index is 764. The van der Waals surface area contributed by atoms with E-state index in [1.54, 1.807) is 12.1 Å². The molecule has 1 amide bonds. The summed E-state index contributed by atoms with van der Waals surface area (Å²) < 4.78 is 15.3. The van der Waals surface area contributed by atoms with E-state index < -0.39 is 5.41 Å². The number of rotatable bonds is 4. The van der Waals surface area contributed by atoms with Gasteiger partial charge in [0.05, 0.1) is 5.41 Å². The van der Waals surface area contributed by atoms with E-state index in [1.165, 1.54) is 12.1 Å². The molecule has 2 heterocycles. The van der Waals surface area contributed by atoms with Crippen LogP contribution in [0.3, 0.4) is 0 Å². The average molecular weight is 344 g/mol. The quantitative estimate of drug-likeness (QED) is 0.928. The highest BCUT2D eigenvalue weighted by Crippen LogP contribution is 2.25. The standard InChI is InChI=1S/C19H25FN4O/c1-12(2)17-23-22-16-10-9-15(11-24(16)17)21-18(25)19(3,4)13-5-7-14(20)8-6-13/h5-8,12,15H,9-11H2,1-4H3,(H,21,25)/t15-/m1/s1. The Balaban J connectivity index is 1.73. The van der Waals surface area contributed by atoms with Crippen molar-refractivity contribution in [2.24, 2.45) is 0 Å². The predicted octanol–water partition coefficient (Wildman–Crippen LogP) is 2.95. The van der Waals surface area contributed by atoms with Crippen molar-refractivity contribution in [1.82, 2.24) is 20.1 Å². The normalized spacial score (nSPS) is 17.4. The molecule has 0 saturated heterocycles. The van der Waals surface area contributed by atoms with Gasteiger partial charge in [0, 0.05) is 24.9 Å². The molecular weight excluding hydrogens is 319 g/mol. The first-order valence-electron chi connectivity index (χ1n) is 8.78. The first-order chi connectivity index (χ1) is 11.8. The second-order valence-electron chi connectivity index (χ2n) is 7.58. The van der Waals surface area contributed by atoms with Crippen molar-refractivity contribution in [1.29, 1.82) is 0 Å². The monoisotopic (exact) mass is 344 g/mol. The zero-order valence-electron chi connectivity index (χ0n) is 15.2. The van der Waals surface area contributed by atoms with Crippen molar-refractivity contribution in [3.63, 3.8) is 0 Å². The molecule has 0 spiro atoms. The van der Waals surface area contributed by atoms with Gasteiger partial charge in [-0.2, -0.15) is 0 Å². The van der Waals surface area contributed by atoms with E-state index in [0.717, 1.165) is 30.1 Å². The lowest BCUT2D eigenvalue weighted by Gasteiger charge is -2.30. The number of nitrogens with zero attached hydrogens (tertiary/aromatic N) is 3. The second-order valence-corrected chi connectivity index (χ2v) is 7.58. The van der Waals surface area contributed by atoms with E-state index in [1.807, 2.05) is 13.8 Å². The molecule has 1 aromatic heterocycles. The summed E-state index contributed by atoms with van der Waals surface area (Å²) in [4.78, 5) is 12.8. The van der Waals surface area contributed by atoms with Crippen LogP contribution in [0, 0.1) is 5.82 Å². The SMILES string of the molecule is CC(C)c1nnc2n1C[C@H](NC(=O)C(C)(C)c1ccc(F)cc1)CC2. The van der Waals surface area contributed by atoms with E-state index in [2.05, 4.69) is 33.9 Å². The molecule has 0 saturated carbocycles. The van der Waals surface area contributed by atoms with Gasteiger partial charge in [-0.05, 0) is 38.0 Å². The first-order valence-corrected chi connectivity index (χ1v) is 8.78. The second kappa shape index (κ2) is 6.58. The van der Waals surface area contributed by atoms with Gasteiger partial charge in [0.25, 0.3) is 0 Å². The fourth-order valence-electron chi connectivity index (χ4n) is 3.26. The van der Waals surface area contributed by atoms with Crippen molar-refractivity contribution in [2.45, 2.75) is 64.5 Å². The molecule has 1 aromatic carbocycles. The topological polar surface area (TPSA) is 59.8 Å². The molecule has 5 nitrogen and oxygen atoms in total. The minimum atomic E-state index is -0.720. The van der Waals surface area contributed by atoms with Crippen molar-refractivity contribution in [2.75, 3.05) is 0 Å². The number of carbonyl (C=O) groups excluding carboxylic acids is 1. The summed E-state index contributed by atoms with van der Waals surface area (Å²) >= 11 is 0. The fraction of sp³-hybridized carbons (Fsp3) is 0.526. The van der Waals surface area contributed by atoms with Crippen LogP contribution in [0.4, 0.5) is 4.39 Å². The molecule has 0 radical (unpaired) electrons. The molecule has 3 rings (SSSR count). The van der Waals surface area contributed by atoms with Gasteiger partial charge in [-0.3, -0.25) is 4.79 Å². The molecule has 1 aliphatic rings. The molecule has 0 unspecified atom stereocenters. The fourth-order valence-corrected chi connectivity index (χ4v) is 3.26. The van der Waals surface area contributed by atoms with Gasteiger partial charge in [-0.25, -0.2) is 4.39 Å². The number of hydrogen-bond acceptors (Lipinski definition) is 3. The number of aromatic nitrogens is 3. The van der Waals surface area contributed by atoms with Gasteiger partial charge < -0.3 is 9.88 Å². The molecule has 2 aromatic rings. The van der Waals surface area contributed by atoms with Crippen LogP contribution in [0.1, 0.15) is 57.2 Å². The van der Waals surface area contributed by atoms with Gasteiger partial charge in [-0.15, -0.1) is 10.2 Å². The lowest BCUT2D eigenvalue weighted by Crippen LogP contribution is -2.48. The summed E-state index contributed by atoms with van der Waals surface area (Å²) in [5, 5.41) is 11.7. The average Bonchev–Trinajstić information content (AvgIpc) is 2.98. The number of hydrogen-bond donors (Lipinski definition) is 1. The van der Waals surface area contributed by atoms with Gasteiger partial charge in [0.15, 0.2) is 0 Å². The summed E-state index contributed by atoms with van der Waals surface area (Å²) in [5.74, 6) is 1.91. The van der Waals surface area contributed by atoms with Crippen LogP contribution in [0.5, 0.6) is 0 Å². The maximum Gasteiger partial charge on any atom is 0.230 e. The maximum atomic E-state index is 13.1. The molecule has 0 aliphatic carbocycles.